The molecular weight excluding hydrogens is 435 g/mol. The topological polar surface area (TPSA) is 71.5 Å². The van der Waals surface area contributed by atoms with E-state index >= 15 is 0 Å². The van der Waals surface area contributed by atoms with Crippen molar-refractivity contribution in [1.29, 1.82) is 0 Å². The maximum Gasteiger partial charge on any atom is 0.416 e. The number of hydrogen-bond acceptors (Lipinski definition) is 5. The summed E-state index contributed by atoms with van der Waals surface area (Å²) in [6.07, 6.45) is -4.34. The van der Waals surface area contributed by atoms with E-state index in [9.17, 15) is 30.0 Å². The second kappa shape index (κ2) is 7.77. The molecule has 3 rings (SSSR count). The molecular formula is C17H18F3NO4S3. The third-order valence-corrected chi connectivity index (χ3v) is 9.68. The molecule has 0 saturated carbocycles. The molecule has 0 N–H and O–H groups in total. The molecule has 1 aliphatic rings. The van der Waals surface area contributed by atoms with E-state index < -0.39 is 42.6 Å². The first-order valence-corrected chi connectivity index (χ1v) is 12.6. The van der Waals surface area contributed by atoms with Crippen LogP contribution in [0.25, 0.3) is 0 Å². The van der Waals surface area contributed by atoms with Crippen molar-refractivity contribution in [1.82, 2.24) is 4.31 Å². The summed E-state index contributed by atoms with van der Waals surface area (Å²) >= 11 is 1.32. The lowest BCUT2D eigenvalue weighted by Gasteiger charge is -2.19. The molecule has 2 heterocycles. The van der Waals surface area contributed by atoms with Gasteiger partial charge in [-0.25, -0.2) is 21.1 Å². The first kappa shape index (κ1) is 21.3. The third-order valence-electron chi connectivity index (χ3n) is 4.58. The lowest BCUT2D eigenvalue weighted by Crippen LogP contribution is -2.34. The fourth-order valence-corrected chi connectivity index (χ4v) is 7.76. The van der Waals surface area contributed by atoms with E-state index in [-0.39, 0.29) is 30.8 Å². The van der Waals surface area contributed by atoms with Crippen LogP contribution in [0.1, 0.15) is 27.7 Å². The monoisotopic (exact) mass is 453 g/mol. The number of alkyl halides is 3. The number of rotatable bonds is 4. The van der Waals surface area contributed by atoms with Crippen LogP contribution in [0.4, 0.5) is 13.2 Å². The SMILES string of the molecule is O=S1(=O)CCN(S(=O)(=O)Cc2ccc(C(F)(F)F)cc2)CCC1c1cccs1. The van der Waals surface area contributed by atoms with Crippen LogP contribution >= 0.6 is 11.3 Å². The summed E-state index contributed by atoms with van der Waals surface area (Å²) in [7, 11) is -7.35. The molecule has 5 nitrogen and oxygen atoms in total. The summed E-state index contributed by atoms with van der Waals surface area (Å²) in [6, 6.07) is 7.40. The number of halogens is 3. The van der Waals surface area contributed by atoms with Gasteiger partial charge in [0.15, 0.2) is 9.84 Å². The van der Waals surface area contributed by atoms with E-state index in [0.29, 0.717) is 4.88 Å². The fourth-order valence-electron chi connectivity index (χ4n) is 3.09. The maximum atomic E-state index is 12.7. The van der Waals surface area contributed by atoms with Crippen molar-refractivity contribution in [2.75, 3.05) is 18.8 Å². The molecule has 1 fully saturated rings. The van der Waals surface area contributed by atoms with Crippen LogP contribution < -0.4 is 0 Å². The van der Waals surface area contributed by atoms with E-state index in [1.807, 2.05) is 0 Å². The molecule has 0 radical (unpaired) electrons. The Morgan fingerprint density at radius 3 is 2.36 bits per heavy atom. The van der Waals surface area contributed by atoms with Crippen molar-refractivity contribution in [2.24, 2.45) is 0 Å². The van der Waals surface area contributed by atoms with E-state index in [4.69, 9.17) is 0 Å². The first-order chi connectivity index (χ1) is 13.0. The van der Waals surface area contributed by atoms with Crippen LogP contribution in [0.2, 0.25) is 0 Å². The van der Waals surface area contributed by atoms with Gasteiger partial charge in [-0.05, 0) is 35.6 Å². The van der Waals surface area contributed by atoms with Crippen LogP contribution in [-0.2, 0) is 31.8 Å². The molecule has 0 spiro atoms. The van der Waals surface area contributed by atoms with Crippen molar-refractivity contribution in [3.63, 3.8) is 0 Å². The Hall–Kier alpha value is -1.43. The quantitative estimate of drug-likeness (QED) is 0.711. The van der Waals surface area contributed by atoms with E-state index in [2.05, 4.69) is 0 Å². The van der Waals surface area contributed by atoms with Gasteiger partial charge >= 0.3 is 6.18 Å². The average molecular weight is 454 g/mol. The van der Waals surface area contributed by atoms with Crippen molar-refractivity contribution in [3.8, 4) is 0 Å². The highest BCUT2D eigenvalue weighted by atomic mass is 32.2. The number of thiophene rings is 1. The second-order valence-corrected chi connectivity index (χ2v) is 11.8. The molecule has 0 aliphatic carbocycles. The molecule has 1 aliphatic heterocycles. The second-order valence-electron chi connectivity index (χ2n) is 6.51. The molecule has 1 aromatic heterocycles. The van der Waals surface area contributed by atoms with Gasteiger partial charge in [-0.1, -0.05) is 18.2 Å². The van der Waals surface area contributed by atoms with Crippen molar-refractivity contribution < 1.29 is 30.0 Å². The Bertz CT molecular complexity index is 1010. The smallest absolute Gasteiger partial charge is 0.228 e. The minimum atomic E-state index is -4.49. The van der Waals surface area contributed by atoms with Crippen molar-refractivity contribution in [3.05, 3.63) is 57.8 Å². The third kappa shape index (κ3) is 4.76. The fraction of sp³-hybridized carbons (Fsp3) is 0.412. The highest BCUT2D eigenvalue weighted by molar-refractivity contribution is 7.92. The lowest BCUT2D eigenvalue weighted by atomic mass is 10.1. The molecule has 28 heavy (non-hydrogen) atoms. The Balaban J connectivity index is 1.75. The number of sulfone groups is 1. The average Bonchev–Trinajstić information content (AvgIpc) is 3.05. The molecule has 2 aromatic rings. The molecule has 1 atom stereocenters. The van der Waals surface area contributed by atoms with E-state index in [1.54, 1.807) is 17.5 Å². The van der Waals surface area contributed by atoms with Crippen LogP contribution in [0.3, 0.4) is 0 Å². The first-order valence-electron chi connectivity index (χ1n) is 8.38. The predicted molar refractivity (Wildman–Crippen MR) is 101 cm³/mol. The minimum absolute atomic E-state index is 0.0464. The van der Waals surface area contributed by atoms with Crippen LogP contribution in [0.5, 0.6) is 0 Å². The zero-order chi connectivity index (χ0) is 20.6. The molecule has 0 bridgehead atoms. The van der Waals surface area contributed by atoms with Gasteiger partial charge in [-0.2, -0.15) is 13.2 Å². The zero-order valence-corrected chi connectivity index (χ0v) is 17.0. The largest absolute Gasteiger partial charge is 0.416 e. The van der Waals surface area contributed by atoms with Gasteiger partial charge in [0.2, 0.25) is 10.0 Å². The summed E-state index contributed by atoms with van der Waals surface area (Å²) < 4.78 is 89.5. The normalized spacial score (nSPS) is 21.3. The standard InChI is InChI=1S/C17H18F3NO4S3/c18-17(19,20)14-5-3-13(4-6-14)12-28(24,25)21-8-7-16(15-2-1-10-26-15)27(22,23)11-9-21/h1-6,10,16H,7-9,11-12H2. The Kier molecular flexibility index (Phi) is 5.91. The van der Waals surface area contributed by atoms with Gasteiger partial charge in [0.05, 0.1) is 22.3 Å². The number of nitrogens with zero attached hydrogens (tertiary/aromatic N) is 1. The lowest BCUT2D eigenvalue weighted by molar-refractivity contribution is -0.137. The van der Waals surface area contributed by atoms with Gasteiger partial charge in [0.25, 0.3) is 0 Å². The zero-order valence-electron chi connectivity index (χ0n) is 14.6. The summed E-state index contributed by atoms with van der Waals surface area (Å²) in [5, 5.41) is 1.04. The van der Waals surface area contributed by atoms with Crippen LogP contribution in [0, 0.1) is 0 Å². The van der Waals surface area contributed by atoms with Gasteiger partial charge in [-0.15, -0.1) is 11.3 Å². The van der Waals surface area contributed by atoms with E-state index in [1.165, 1.54) is 11.3 Å². The molecule has 1 aromatic carbocycles. The Morgan fingerprint density at radius 2 is 1.79 bits per heavy atom. The summed E-state index contributed by atoms with van der Waals surface area (Å²) in [6.45, 7) is -0.113. The Morgan fingerprint density at radius 1 is 1.11 bits per heavy atom. The van der Waals surface area contributed by atoms with Gasteiger partial charge in [-0.3, -0.25) is 0 Å². The summed E-state index contributed by atoms with van der Waals surface area (Å²) in [5.41, 5.74) is -0.636. The number of benzene rings is 1. The molecule has 0 amide bonds. The van der Waals surface area contributed by atoms with Gasteiger partial charge < -0.3 is 0 Å². The maximum absolute atomic E-state index is 12.7. The molecule has 11 heteroatoms. The predicted octanol–water partition coefficient (Wildman–Crippen LogP) is 3.46. The van der Waals surface area contributed by atoms with Crippen LogP contribution in [-0.4, -0.2) is 40.0 Å². The summed E-state index contributed by atoms with van der Waals surface area (Å²) in [5.74, 6) is -0.767. The molecule has 1 saturated heterocycles. The number of hydrogen-bond donors (Lipinski definition) is 0. The van der Waals surface area contributed by atoms with Crippen molar-refractivity contribution >= 4 is 31.2 Å². The number of sulfonamides is 1. The highest BCUT2D eigenvalue weighted by Crippen LogP contribution is 2.33. The molecule has 1 unspecified atom stereocenters. The molecule has 154 valence electrons. The Labute approximate surface area is 165 Å². The van der Waals surface area contributed by atoms with Crippen molar-refractivity contribution in [2.45, 2.75) is 23.6 Å². The van der Waals surface area contributed by atoms with Crippen LogP contribution in [0.15, 0.2) is 41.8 Å². The van der Waals surface area contributed by atoms with Gasteiger partial charge in [0, 0.05) is 18.0 Å². The minimum Gasteiger partial charge on any atom is -0.228 e. The van der Waals surface area contributed by atoms with Gasteiger partial charge in [0.1, 0.15) is 0 Å². The van der Waals surface area contributed by atoms with E-state index in [0.717, 1.165) is 28.6 Å². The highest BCUT2D eigenvalue weighted by Gasteiger charge is 2.36. The summed E-state index contributed by atoms with van der Waals surface area (Å²) in [4.78, 5) is 0.682.